The Morgan fingerprint density at radius 1 is 1.12 bits per heavy atom. The standard InChI is InChI=1S/C11H22N2O3/c1-3-12-9-7-10(14)13-8-5-6-11(15)16-4-2/h12H,3-9H2,1-2H3,(H,13,14). The molecule has 0 atom stereocenters. The molecular weight excluding hydrogens is 208 g/mol. The van der Waals surface area contributed by atoms with Crippen molar-refractivity contribution in [3.8, 4) is 0 Å². The van der Waals surface area contributed by atoms with Gasteiger partial charge in [0.25, 0.3) is 0 Å². The van der Waals surface area contributed by atoms with E-state index in [2.05, 4.69) is 10.6 Å². The van der Waals surface area contributed by atoms with Crippen LogP contribution in [0.25, 0.3) is 0 Å². The number of nitrogens with one attached hydrogen (secondary N) is 2. The molecule has 5 heteroatoms. The molecule has 2 N–H and O–H groups in total. The van der Waals surface area contributed by atoms with Crippen molar-refractivity contribution in [3.63, 3.8) is 0 Å². The second-order valence-corrected chi connectivity index (χ2v) is 3.36. The van der Waals surface area contributed by atoms with Gasteiger partial charge in [0.1, 0.15) is 0 Å². The van der Waals surface area contributed by atoms with Gasteiger partial charge in [-0.1, -0.05) is 6.92 Å². The Kier molecular flexibility index (Phi) is 9.70. The zero-order chi connectivity index (χ0) is 12.2. The zero-order valence-electron chi connectivity index (χ0n) is 10.2. The van der Waals surface area contributed by atoms with Crippen LogP contribution >= 0.6 is 0 Å². The minimum absolute atomic E-state index is 0.0183. The van der Waals surface area contributed by atoms with Crippen molar-refractivity contribution in [2.75, 3.05) is 26.2 Å². The van der Waals surface area contributed by atoms with Crippen molar-refractivity contribution < 1.29 is 14.3 Å². The molecule has 5 nitrogen and oxygen atoms in total. The largest absolute Gasteiger partial charge is 0.466 e. The van der Waals surface area contributed by atoms with Crippen molar-refractivity contribution in [1.82, 2.24) is 10.6 Å². The number of esters is 1. The van der Waals surface area contributed by atoms with Crippen LogP contribution in [-0.4, -0.2) is 38.1 Å². The van der Waals surface area contributed by atoms with Crippen LogP contribution in [0, 0.1) is 0 Å². The Hall–Kier alpha value is -1.10. The third-order valence-corrected chi connectivity index (χ3v) is 1.96. The van der Waals surface area contributed by atoms with Crippen LogP contribution in [0.1, 0.15) is 33.1 Å². The average Bonchev–Trinajstić information content (AvgIpc) is 2.25. The van der Waals surface area contributed by atoms with E-state index >= 15 is 0 Å². The second-order valence-electron chi connectivity index (χ2n) is 3.36. The van der Waals surface area contributed by atoms with Gasteiger partial charge in [-0.05, 0) is 19.9 Å². The fourth-order valence-electron chi connectivity index (χ4n) is 1.16. The third-order valence-electron chi connectivity index (χ3n) is 1.96. The number of carbonyl (C=O) groups is 2. The van der Waals surface area contributed by atoms with E-state index in [1.165, 1.54) is 0 Å². The molecule has 0 saturated heterocycles. The SMILES string of the molecule is CCNCCC(=O)NCCCC(=O)OCC. The molecule has 0 aliphatic rings. The lowest BCUT2D eigenvalue weighted by atomic mass is 10.3. The van der Waals surface area contributed by atoms with Crippen molar-refractivity contribution >= 4 is 11.9 Å². The summed E-state index contributed by atoms with van der Waals surface area (Å²) in [5, 5.41) is 5.82. The molecule has 0 spiro atoms. The van der Waals surface area contributed by atoms with Gasteiger partial charge in [-0.15, -0.1) is 0 Å². The molecule has 0 aromatic carbocycles. The molecule has 0 saturated carbocycles. The summed E-state index contributed by atoms with van der Waals surface area (Å²) in [5.74, 6) is -0.186. The van der Waals surface area contributed by atoms with Crippen LogP contribution in [0.2, 0.25) is 0 Å². The molecule has 16 heavy (non-hydrogen) atoms. The van der Waals surface area contributed by atoms with E-state index in [0.717, 1.165) is 6.54 Å². The summed E-state index contributed by atoms with van der Waals surface area (Å²) in [6.45, 7) is 6.28. The summed E-state index contributed by atoms with van der Waals surface area (Å²) in [5.41, 5.74) is 0. The monoisotopic (exact) mass is 230 g/mol. The number of hydrogen-bond donors (Lipinski definition) is 2. The lowest BCUT2D eigenvalue weighted by Crippen LogP contribution is -2.28. The van der Waals surface area contributed by atoms with E-state index < -0.39 is 0 Å². The number of amides is 1. The molecule has 0 radical (unpaired) electrons. The van der Waals surface area contributed by atoms with Gasteiger partial charge in [-0.3, -0.25) is 9.59 Å². The summed E-state index contributed by atoms with van der Waals surface area (Å²) >= 11 is 0. The molecule has 0 heterocycles. The van der Waals surface area contributed by atoms with Gasteiger partial charge >= 0.3 is 5.97 Å². The first-order valence-electron chi connectivity index (χ1n) is 5.83. The van der Waals surface area contributed by atoms with E-state index in [0.29, 0.717) is 39.0 Å². The van der Waals surface area contributed by atoms with Crippen molar-refractivity contribution in [3.05, 3.63) is 0 Å². The van der Waals surface area contributed by atoms with Gasteiger partial charge in [0.05, 0.1) is 6.61 Å². The third kappa shape index (κ3) is 9.45. The topological polar surface area (TPSA) is 67.4 Å². The molecule has 0 aromatic rings. The normalized spacial score (nSPS) is 9.88. The van der Waals surface area contributed by atoms with Gasteiger partial charge in [-0.2, -0.15) is 0 Å². The fraction of sp³-hybridized carbons (Fsp3) is 0.818. The average molecular weight is 230 g/mol. The predicted octanol–water partition coefficient (Wildman–Crippen LogP) is 0.445. The smallest absolute Gasteiger partial charge is 0.305 e. The Morgan fingerprint density at radius 3 is 2.50 bits per heavy atom. The Labute approximate surface area is 96.9 Å². The Bertz CT molecular complexity index is 207. The molecule has 0 aromatic heterocycles. The van der Waals surface area contributed by atoms with Crippen LogP contribution in [0.4, 0.5) is 0 Å². The maximum absolute atomic E-state index is 11.2. The van der Waals surface area contributed by atoms with Crippen molar-refractivity contribution in [2.24, 2.45) is 0 Å². The van der Waals surface area contributed by atoms with Crippen LogP contribution in [0.3, 0.4) is 0 Å². The summed E-state index contributed by atoms with van der Waals surface area (Å²) in [7, 11) is 0. The highest BCUT2D eigenvalue weighted by atomic mass is 16.5. The molecule has 0 rings (SSSR count). The van der Waals surface area contributed by atoms with Gasteiger partial charge in [0, 0.05) is 25.9 Å². The Balaban J connectivity index is 3.30. The summed E-state index contributed by atoms with van der Waals surface area (Å²) in [4.78, 5) is 22.2. The highest BCUT2D eigenvalue weighted by Gasteiger charge is 2.02. The number of ether oxygens (including phenoxy) is 1. The molecule has 0 bridgehead atoms. The van der Waals surface area contributed by atoms with E-state index in [1.807, 2.05) is 6.92 Å². The van der Waals surface area contributed by atoms with Crippen molar-refractivity contribution in [2.45, 2.75) is 33.1 Å². The van der Waals surface area contributed by atoms with Crippen LogP contribution in [-0.2, 0) is 14.3 Å². The predicted molar refractivity (Wildman–Crippen MR) is 62.0 cm³/mol. The molecule has 94 valence electrons. The van der Waals surface area contributed by atoms with E-state index in [1.54, 1.807) is 6.92 Å². The summed E-state index contributed by atoms with van der Waals surface area (Å²) < 4.78 is 4.77. The minimum Gasteiger partial charge on any atom is -0.466 e. The fourth-order valence-corrected chi connectivity index (χ4v) is 1.16. The van der Waals surface area contributed by atoms with Crippen LogP contribution in [0.15, 0.2) is 0 Å². The summed E-state index contributed by atoms with van der Waals surface area (Å²) in [6.07, 6.45) is 1.47. The molecule has 0 fully saturated rings. The Morgan fingerprint density at radius 2 is 1.88 bits per heavy atom. The second kappa shape index (κ2) is 10.4. The minimum atomic E-state index is -0.204. The van der Waals surface area contributed by atoms with Crippen LogP contribution in [0.5, 0.6) is 0 Å². The van der Waals surface area contributed by atoms with E-state index in [9.17, 15) is 9.59 Å². The lowest BCUT2D eigenvalue weighted by Gasteiger charge is -2.05. The zero-order valence-corrected chi connectivity index (χ0v) is 10.2. The first kappa shape index (κ1) is 14.9. The molecule has 1 amide bonds. The van der Waals surface area contributed by atoms with Gasteiger partial charge < -0.3 is 15.4 Å². The number of rotatable bonds is 9. The molecule has 0 unspecified atom stereocenters. The first-order chi connectivity index (χ1) is 7.70. The molecular formula is C11H22N2O3. The first-order valence-corrected chi connectivity index (χ1v) is 5.83. The lowest BCUT2D eigenvalue weighted by molar-refractivity contribution is -0.143. The van der Waals surface area contributed by atoms with Crippen molar-refractivity contribution in [1.29, 1.82) is 0 Å². The summed E-state index contributed by atoms with van der Waals surface area (Å²) in [6, 6.07) is 0. The highest BCUT2D eigenvalue weighted by molar-refractivity contribution is 5.76. The van der Waals surface area contributed by atoms with Gasteiger partial charge in [-0.25, -0.2) is 0 Å². The molecule has 0 aliphatic heterocycles. The van der Waals surface area contributed by atoms with E-state index in [4.69, 9.17) is 4.74 Å². The molecule has 0 aliphatic carbocycles. The van der Waals surface area contributed by atoms with Crippen LogP contribution < -0.4 is 10.6 Å². The maximum atomic E-state index is 11.2. The van der Waals surface area contributed by atoms with E-state index in [-0.39, 0.29) is 11.9 Å². The highest BCUT2D eigenvalue weighted by Crippen LogP contribution is 1.91. The van der Waals surface area contributed by atoms with Gasteiger partial charge in [0.2, 0.25) is 5.91 Å². The quantitative estimate of drug-likeness (QED) is 0.445. The number of hydrogen-bond acceptors (Lipinski definition) is 4. The number of carbonyl (C=O) groups excluding carboxylic acids is 2. The van der Waals surface area contributed by atoms with Gasteiger partial charge in [0.15, 0.2) is 0 Å². The maximum Gasteiger partial charge on any atom is 0.305 e.